The molecule has 2 amide bonds. The SMILES string of the molecule is Cc1c(OCC(=O)N2C[C@@H]3CC(=O)N[C@@H]3C2)ccc2c3c(c(=O)oc12)CCCC3. The highest BCUT2D eigenvalue weighted by Gasteiger charge is 2.41. The maximum Gasteiger partial charge on any atom is 0.339 e. The van der Waals surface area contributed by atoms with E-state index >= 15 is 0 Å². The number of hydrogen-bond donors (Lipinski definition) is 1. The van der Waals surface area contributed by atoms with Crippen molar-refractivity contribution in [3.63, 3.8) is 0 Å². The highest BCUT2D eigenvalue weighted by Crippen LogP contribution is 2.32. The Kier molecular flexibility index (Phi) is 4.33. The van der Waals surface area contributed by atoms with Crippen molar-refractivity contribution in [3.05, 3.63) is 39.2 Å². The highest BCUT2D eigenvalue weighted by atomic mass is 16.5. The van der Waals surface area contributed by atoms with Crippen molar-refractivity contribution < 1.29 is 18.7 Å². The molecule has 0 spiro atoms. The molecule has 3 heterocycles. The number of carbonyl (C=O) groups excluding carboxylic acids is 2. The third kappa shape index (κ3) is 3.09. The molecule has 0 bridgehead atoms. The molecule has 0 radical (unpaired) electrons. The summed E-state index contributed by atoms with van der Waals surface area (Å²) in [4.78, 5) is 38.2. The van der Waals surface area contributed by atoms with E-state index in [2.05, 4.69) is 5.32 Å². The smallest absolute Gasteiger partial charge is 0.339 e. The first-order valence-electron chi connectivity index (χ1n) is 10.3. The lowest BCUT2D eigenvalue weighted by Crippen LogP contribution is -2.37. The fourth-order valence-electron chi connectivity index (χ4n) is 4.96. The van der Waals surface area contributed by atoms with E-state index in [1.807, 2.05) is 19.1 Å². The minimum absolute atomic E-state index is 0.0642. The van der Waals surface area contributed by atoms with Gasteiger partial charge in [-0.2, -0.15) is 0 Å². The van der Waals surface area contributed by atoms with Gasteiger partial charge in [-0.25, -0.2) is 4.79 Å². The lowest BCUT2D eigenvalue weighted by atomic mass is 9.90. The number of hydrogen-bond acceptors (Lipinski definition) is 5. The molecule has 7 nitrogen and oxygen atoms in total. The molecule has 2 fully saturated rings. The molecule has 1 aromatic heterocycles. The molecule has 2 aromatic rings. The molecule has 1 N–H and O–H groups in total. The second kappa shape index (κ2) is 6.90. The molecule has 0 saturated carbocycles. The Hall–Kier alpha value is -2.83. The van der Waals surface area contributed by atoms with Crippen molar-refractivity contribution in [2.75, 3.05) is 19.7 Å². The molecule has 1 aliphatic carbocycles. The van der Waals surface area contributed by atoms with Crippen LogP contribution in [-0.4, -0.2) is 42.5 Å². The monoisotopic (exact) mass is 396 g/mol. The zero-order chi connectivity index (χ0) is 20.1. The Bertz CT molecular complexity index is 1060. The summed E-state index contributed by atoms with van der Waals surface area (Å²) in [6, 6.07) is 3.86. The van der Waals surface area contributed by atoms with Gasteiger partial charge in [0.2, 0.25) is 5.91 Å². The maximum atomic E-state index is 12.6. The number of nitrogens with zero attached hydrogens (tertiary/aromatic N) is 1. The number of ether oxygens (including phenoxy) is 1. The predicted molar refractivity (Wildman–Crippen MR) is 106 cm³/mol. The van der Waals surface area contributed by atoms with E-state index in [1.54, 1.807) is 4.90 Å². The summed E-state index contributed by atoms with van der Waals surface area (Å²) in [6.07, 6.45) is 4.26. The van der Waals surface area contributed by atoms with Gasteiger partial charge >= 0.3 is 5.63 Å². The van der Waals surface area contributed by atoms with Crippen LogP contribution in [0.5, 0.6) is 5.75 Å². The number of amides is 2. The second-order valence-corrected chi connectivity index (χ2v) is 8.34. The van der Waals surface area contributed by atoms with E-state index in [4.69, 9.17) is 9.15 Å². The Balaban J connectivity index is 1.33. The summed E-state index contributed by atoms with van der Waals surface area (Å²) in [5, 5.41) is 3.89. The van der Waals surface area contributed by atoms with Gasteiger partial charge in [-0.1, -0.05) is 0 Å². The maximum absolute atomic E-state index is 12.6. The summed E-state index contributed by atoms with van der Waals surface area (Å²) in [6.45, 7) is 2.91. The zero-order valence-corrected chi connectivity index (χ0v) is 16.5. The van der Waals surface area contributed by atoms with Gasteiger partial charge in [0.05, 0.1) is 6.04 Å². The molecule has 7 heteroatoms. The molecule has 5 rings (SSSR count). The normalized spacial score (nSPS) is 23.1. The minimum atomic E-state index is -0.255. The summed E-state index contributed by atoms with van der Waals surface area (Å²) in [5.74, 6) is 0.727. The number of carbonyl (C=O) groups is 2. The lowest BCUT2D eigenvalue weighted by molar-refractivity contribution is -0.133. The zero-order valence-electron chi connectivity index (χ0n) is 16.5. The standard InChI is InChI=1S/C22H24N2O5/c1-12-18(28-11-20(26)24-9-13-8-19(25)23-17(13)10-24)7-6-15-14-4-2-3-5-16(14)22(27)29-21(12)15/h6-7,13,17H,2-5,8-11H2,1H3,(H,23,25)/t13-,17+/m0/s1. The van der Waals surface area contributed by atoms with Crippen molar-refractivity contribution in [2.45, 2.75) is 45.1 Å². The average molecular weight is 396 g/mol. The van der Waals surface area contributed by atoms with Crippen molar-refractivity contribution in [1.82, 2.24) is 10.2 Å². The molecule has 0 unspecified atom stereocenters. The van der Waals surface area contributed by atoms with Crippen LogP contribution in [0, 0.1) is 12.8 Å². The highest BCUT2D eigenvalue weighted by molar-refractivity contribution is 5.86. The first-order valence-corrected chi connectivity index (χ1v) is 10.3. The number of rotatable bonds is 3. The largest absolute Gasteiger partial charge is 0.483 e. The number of nitrogens with one attached hydrogen (secondary N) is 1. The van der Waals surface area contributed by atoms with Crippen molar-refractivity contribution in [1.29, 1.82) is 0 Å². The Labute approximate surface area is 168 Å². The van der Waals surface area contributed by atoms with Gasteiger partial charge < -0.3 is 19.4 Å². The van der Waals surface area contributed by atoms with E-state index in [0.29, 0.717) is 30.8 Å². The third-order valence-electron chi connectivity index (χ3n) is 6.53. The summed E-state index contributed by atoms with van der Waals surface area (Å²) < 4.78 is 11.4. The number of fused-ring (bicyclic) bond motifs is 4. The molecule has 1 aromatic carbocycles. The van der Waals surface area contributed by atoms with Crippen LogP contribution in [0.4, 0.5) is 0 Å². The Morgan fingerprint density at radius 1 is 1.21 bits per heavy atom. The van der Waals surface area contributed by atoms with Crippen LogP contribution in [0.15, 0.2) is 21.3 Å². The van der Waals surface area contributed by atoms with Crippen LogP contribution in [0.1, 0.15) is 36.0 Å². The summed E-state index contributed by atoms with van der Waals surface area (Å²) in [7, 11) is 0. The topological polar surface area (TPSA) is 88.9 Å². The average Bonchev–Trinajstić information content (AvgIpc) is 3.25. The van der Waals surface area contributed by atoms with Crippen LogP contribution < -0.4 is 15.7 Å². The molecule has 29 heavy (non-hydrogen) atoms. The van der Waals surface area contributed by atoms with Crippen LogP contribution in [0.25, 0.3) is 11.0 Å². The van der Waals surface area contributed by atoms with Crippen molar-refractivity contribution in [2.24, 2.45) is 5.92 Å². The van der Waals surface area contributed by atoms with E-state index in [-0.39, 0.29) is 36.0 Å². The molecule has 2 atom stereocenters. The van der Waals surface area contributed by atoms with Gasteiger partial charge in [0.25, 0.3) is 5.91 Å². The van der Waals surface area contributed by atoms with E-state index < -0.39 is 0 Å². The third-order valence-corrected chi connectivity index (χ3v) is 6.53. The van der Waals surface area contributed by atoms with Crippen LogP contribution in [0.3, 0.4) is 0 Å². The number of benzene rings is 1. The van der Waals surface area contributed by atoms with Gasteiger partial charge in [0.15, 0.2) is 6.61 Å². The van der Waals surface area contributed by atoms with Gasteiger partial charge in [-0.3, -0.25) is 9.59 Å². The molecule has 2 saturated heterocycles. The molecule has 3 aliphatic rings. The van der Waals surface area contributed by atoms with Crippen molar-refractivity contribution >= 4 is 22.8 Å². The van der Waals surface area contributed by atoms with Gasteiger partial charge in [-0.05, 0) is 50.3 Å². The Morgan fingerprint density at radius 3 is 2.79 bits per heavy atom. The summed E-state index contributed by atoms with van der Waals surface area (Å²) in [5.41, 5.74) is 2.94. The fraction of sp³-hybridized carbons (Fsp3) is 0.500. The molecule has 152 valence electrons. The van der Waals surface area contributed by atoms with E-state index in [9.17, 15) is 14.4 Å². The molecular formula is C22H24N2O5. The first kappa shape index (κ1) is 18.2. The molecule has 2 aliphatic heterocycles. The minimum Gasteiger partial charge on any atom is -0.483 e. The fourth-order valence-corrected chi connectivity index (χ4v) is 4.96. The predicted octanol–water partition coefficient (Wildman–Crippen LogP) is 1.71. The lowest BCUT2D eigenvalue weighted by Gasteiger charge is -2.19. The summed E-state index contributed by atoms with van der Waals surface area (Å²) >= 11 is 0. The second-order valence-electron chi connectivity index (χ2n) is 8.34. The van der Waals surface area contributed by atoms with E-state index in [1.165, 1.54) is 0 Å². The number of aryl methyl sites for hydroxylation is 2. The van der Waals surface area contributed by atoms with Gasteiger partial charge in [0, 0.05) is 41.9 Å². The van der Waals surface area contributed by atoms with Crippen LogP contribution >= 0.6 is 0 Å². The Morgan fingerprint density at radius 2 is 2.00 bits per heavy atom. The van der Waals surface area contributed by atoms with Crippen molar-refractivity contribution in [3.8, 4) is 5.75 Å². The number of likely N-dealkylation sites (tertiary alicyclic amines) is 1. The van der Waals surface area contributed by atoms with Crippen LogP contribution in [0.2, 0.25) is 0 Å². The van der Waals surface area contributed by atoms with Crippen LogP contribution in [-0.2, 0) is 22.4 Å². The van der Waals surface area contributed by atoms with Gasteiger partial charge in [-0.15, -0.1) is 0 Å². The van der Waals surface area contributed by atoms with Gasteiger partial charge in [0.1, 0.15) is 11.3 Å². The quantitative estimate of drug-likeness (QED) is 0.798. The molecular weight excluding hydrogens is 372 g/mol. The first-order chi connectivity index (χ1) is 14.0. The van der Waals surface area contributed by atoms with E-state index in [0.717, 1.165) is 47.8 Å².